The van der Waals surface area contributed by atoms with Crippen molar-refractivity contribution in [1.29, 1.82) is 0 Å². The van der Waals surface area contributed by atoms with Crippen LogP contribution in [0.15, 0.2) is 10.9 Å². The van der Waals surface area contributed by atoms with Crippen molar-refractivity contribution in [3.05, 3.63) is 12.2 Å². The Balaban J connectivity index is 2.93. The molecule has 42 valence electrons. The zero-order valence-corrected chi connectivity index (χ0v) is 4.59. The van der Waals surface area contributed by atoms with Crippen LogP contribution in [0.25, 0.3) is 0 Å². The molecule has 1 heterocycles. The molecule has 0 unspecified atom stereocenters. The van der Waals surface area contributed by atoms with E-state index in [0.29, 0.717) is 17.1 Å². The van der Waals surface area contributed by atoms with Gasteiger partial charge in [0, 0.05) is 0 Å². The molecule has 1 rings (SSSR count). The molecule has 0 N–H and O–H groups in total. The van der Waals surface area contributed by atoms with Crippen molar-refractivity contribution in [2.45, 2.75) is 0 Å². The second kappa shape index (κ2) is 2.37. The van der Waals surface area contributed by atoms with Crippen molar-refractivity contribution < 1.29 is 8.73 Å². The van der Waals surface area contributed by atoms with Gasteiger partial charge in [-0.1, -0.05) is 5.16 Å². The second-order valence-corrected chi connectivity index (χ2v) is 1.43. The van der Waals surface area contributed by atoms with E-state index in [1.54, 1.807) is 0 Å². The third-order valence-corrected chi connectivity index (χ3v) is 0.839. The molecule has 0 atom stereocenters. The van der Waals surface area contributed by atoms with Crippen molar-refractivity contribution in [1.82, 2.24) is 10.1 Å². The summed E-state index contributed by atoms with van der Waals surface area (Å²) in [6, 6.07) is 0. The maximum atomic E-state index is 9.74. The molecule has 0 radical (unpaired) electrons. The highest BCUT2D eigenvalue weighted by molar-refractivity contribution is 7.65. The highest BCUT2D eigenvalue weighted by Crippen LogP contribution is 1.78. The van der Waals surface area contributed by atoms with Gasteiger partial charge in [-0.2, -0.15) is 4.98 Å². The lowest BCUT2D eigenvalue weighted by atomic mass is 10.8. The molecule has 0 aliphatic carbocycles. The minimum Gasteiger partial charge on any atom is -0.342 e. The lowest BCUT2D eigenvalue weighted by molar-refractivity contribution is 0.416. The van der Waals surface area contributed by atoms with Crippen LogP contribution >= 0.6 is 0 Å². The summed E-state index contributed by atoms with van der Waals surface area (Å²) < 4.78 is 14.1. The first-order valence-corrected chi connectivity index (χ1v) is 2.62. The van der Waals surface area contributed by atoms with Gasteiger partial charge < -0.3 is 4.52 Å². The largest absolute Gasteiger partial charge is 0.342 e. The van der Waals surface area contributed by atoms with Crippen molar-refractivity contribution in [2.24, 2.45) is 0 Å². The maximum absolute atomic E-state index is 9.74. The van der Waals surface area contributed by atoms with Crippen LogP contribution in [0, 0.1) is 0 Å². The molecule has 8 heavy (non-hydrogen) atoms. The van der Waals surface area contributed by atoms with E-state index in [9.17, 15) is 4.21 Å². The van der Waals surface area contributed by atoms with E-state index in [1.807, 2.05) is 0 Å². The van der Waals surface area contributed by atoms with E-state index in [4.69, 9.17) is 0 Å². The van der Waals surface area contributed by atoms with Gasteiger partial charge in [0.15, 0.2) is 0 Å². The second-order valence-electron chi connectivity index (χ2n) is 1.00. The molecule has 0 saturated heterocycles. The Morgan fingerprint density at radius 1 is 1.88 bits per heavy atom. The van der Waals surface area contributed by atoms with Gasteiger partial charge in [0.1, 0.15) is 0 Å². The maximum Gasteiger partial charge on any atom is 0.214 e. The fourth-order valence-electron chi connectivity index (χ4n) is 0.274. The van der Waals surface area contributed by atoms with Crippen LogP contribution in [-0.2, 0) is 11.3 Å². The molecular weight excluding hydrogens is 128 g/mol. The predicted molar refractivity (Wildman–Crippen MR) is 27.6 cm³/mol. The van der Waals surface area contributed by atoms with Gasteiger partial charge in [-0.25, -0.2) is 4.21 Å². The molecule has 0 saturated carbocycles. The first kappa shape index (κ1) is 5.17. The highest BCUT2D eigenvalue weighted by Gasteiger charge is 1.87. The van der Waals surface area contributed by atoms with Gasteiger partial charge in [-0.05, 0) is 0 Å². The van der Waals surface area contributed by atoms with E-state index in [-0.39, 0.29) is 0 Å². The van der Waals surface area contributed by atoms with Crippen LogP contribution < -0.4 is 0 Å². The van der Waals surface area contributed by atoms with Crippen LogP contribution in [0.3, 0.4) is 0 Å². The summed E-state index contributed by atoms with van der Waals surface area (Å²) >= 11 is 0.299. The molecule has 0 spiro atoms. The fourth-order valence-corrected chi connectivity index (χ4v) is 0.464. The van der Waals surface area contributed by atoms with E-state index in [2.05, 4.69) is 14.7 Å². The summed E-state index contributed by atoms with van der Waals surface area (Å²) in [6.45, 7) is 0. The fraction of sp³-hybridized carbons (Fsp3) is 0. The molecule has 0 fully saturated rings. The van der Waals surface area contributed by atoms with E-state index in [0.717, 1.165) is 0 Å². The summed E-state index contributed by atoms with van der Waals surface area (Å²) in [5.74, 6) is 0.324. The predicted octanol–water partition coefficient (Wildman–Crippen LogP) is -0.567. The third kappa shape index (κ3) is 1.00. The molecule has 0 amide bonds. The quantitative estimate of drug-likeness (QED) is 0.478. The average Bonchev–Trinajstić information content (AvgIpc) is 2.19. The first-order valence-electron chi connectivity index (χ1n) is 1.81. The highest BCUT2D eigenvalue weighted by atomic mass is 32.1. The SMILES string of the molecule is O=S=Cc1ncon1. The van der Waals surface area contributed by atoms with Crippen molar-refractivity contribution in [3.63, 3.8) is 0 Å². The first-order chi connectivity index (χ1) is 3.93. The zero-order chi connectivity index (χ0) is 5.82. The topological polar surface area (TPSA) is 56.0 Å². The van der Waals surface area contributed by atoms with Gasteiger partial charge in [0.2, 0.25) is 12.2 Å². The molecule has 0 aliphatic heterocycles. The van der Waals surface area contributed by atoms with E-state index in [1.165, 1.54) is 11.8 Å². The number of hydrogen-bond acceptors (Lipinski definition) is 4. The molecule has 1 aromatic rings. The Kier molecular flexibility index (Phi) is 1.53. The van der Waals surface area contributed by atoms with Crippen molar-refractivity contribution in [2.75, 3.05) is 0 Å². The summed E-state index contributed by atoms with van der Waals surface area (Å²) in [5.41, 5.74) is 0. The van der Waals surface area contributed by atoms with Gasteiger partial charge in [-0.15, -0.1) is 0 Å². The average molecular weight is 130 g/mol. The summed E-state index contributed by atoms with van der Waals surface area (Å²) in [5, 5.41) is 4.60. The number of aromatic nitrogens is 2. The van der Waals surface area contributed by atoms with Gasteiger partial charge in [-0.3, -0.25) is 0 Å². The third-order valence-electron chi connectivity index (χ3n) is 0.532. The normalized spacial score (nSPS) is 8.50. The molecule has 1 aromatic heterocycles. The Hall–Kier alpha value is -0.970. The Morgan fingerprint density at radius 2 is 2.75 bits per heavy atom. The minimum atomic E-state index is 0.299. The summed E-state index contributed by atoms with van der Waals surface area (Å²) in [7, 11) is 0. The molecule has 0 aromatic carbocycles. The number of hydrogen-bond donors (Lipinski definition) is 0. The van der Waals surface area contributed by atoms with E-state index < -0.39 is 0 Å². The molecule has 0 aliphatic rings. The molecule has 4 nitrogen and oxygen atoms in total. The van der Waals surface area contributed by atoms with Gasteiger partial charge in [0.25, 0.3) is 0 Å². The standard InChI is InChI=1S/C3H2N2O2S/c6-8-1-3-4-2-7-5-3/h1-2H. The Bertz CT molecular complexity index is 201. The van der Waals surface area contributed by atoms with Crippen molar-refractivity contribution >= 4 is 16.6 Å². The summed E-state index contributed by atoms with van der Waals surface area (Å²) in [4.78, 5) is 3.55. The smallest absolute Gasteiger partial charge is 0.214 e. The molecule has 0 bridgehead atoms. The monoisotopic (exact) mass is 130 g/mol. The van der Waals surface area contributed by atoms with Gasteiger partial charge in [0.05, 0.1) is 16.6 Å². The van der Waals surface area contributed by atoms with Crippen LogP contribution in [0.4, 0.5) is 0 Å². The van der Waals surface area contributed by atoms with Crippen LogP contribution in [0.2, 0.25) is 0 Å². The summed E-state index contributed by atoms with van der Waals surface area (Å²) in [6.07, 6.45) is 1.17. The Labute approximate surface area is 48.6 Å². The van der Waals surface area contributed by atoms with Crippen LogP contribution in [0.1, 0.15) is 5.82 Å². The molecule has 5 heteroatoms. The lowest BCUT2D eigenvalue weighted by Gasteiger charge is -1.63. The van der Waals surface area contributed by atoms with Crippen LogP contribution in [0.5, 0.6) is 0 Å². The van der Waals surface area contributed by atoms with Crippen LogP contribution in [-0.4, -0.2) is 19.7 Å². The van der Waals surface area contributed by atoms with Gasteiger partial charge >= 0.3 is 0 Å². The zero-order valence-electron chi connectivity index (χ0n) is 3.77. The molecular formula is C3H2N2O2S. The van der Waals surface area contributed by atoms with Crippen molar-refractivity contribution in [3.8, 4) is 0 Å². The van der Waals surface area contributed by atoms with E-state index >= 15 is 0 Å². The minimum absolute atomic E-state index is 0.299. The lowest BCUT2D eigenvalue weighted by Crippen LogP contribution is -1.80. The number of nitrogens with zero attached hydrogens (tertiary/aromatic N) is 2. The number of rotatable bonds is 1. The Morgan fingerprint density at radius 3 is 3.25 bits per heavy atom.